The molecule has 0 unspecified atom stereocenters. The summed E-state index contributed by atoms with van der Waals surface area (Å²) in [5, 5.41) is 1.05. The second kappa shape index (κ2) is 4.00. The van der Waals surface area contributed by atoms with Crippen LogP contribution >= 0.6 is 15.9 Å². The molecule has 0 bridgehead atoms. The van der Waals surface area contributed by atoms with Gasteiger partial charge in [-0.2, -0.15) is 0 Å². The molecule has 1 rings (SSSR count). The van der Waals surface area contributed by atoms with E-state index >= 15 is 0 Å². The first kappa shape index (κ1) is 8.91. The Morgan fingerprint density at radius 3 is 2.45 bits per heavy atom. The lowest BCUT2D eigenvalue weighted by Gasteiger charge is -2.22. The lowest BCUT2D eigenvalue weighted by molar-refractivity contribution is -0.131. The summed E-state index contributed by atoms with van der Waals surface area (Å²) in [5.74, 6) is -0.387. The van der Waals surface area contributed by atoms with Gasteiger partial charge in [-0.15, -0.1) is 0 Å². The van der Waals surface area contributed by atoms with Crippen molar-refractivity contribution in [3.05, 3.63) is 12.5 Å². The summed E-state index contributed by atoms with van der Waals surface area (Å²) in [6.45, 7) is 1.96. The molecule has 2 nitrogen and oxygen atoms in total. The van der Waals surface area contributed by atoms with Crippen LogP contribution in [0.3, 0.4) is 0 Å². The maximum Gasteiger partial charge on any atom is 0.247 e. The predicted octanol–water partition coefficient (Wildman–Crippen LogP) is 2.79. The molecule has 1 heterocycles. The van der Waals surface area contributed by atoms with Gasteiger partial charge < -0.3 is 9.47 Å². The zero-order valence-electron chi connectivity index (χ0n) is 6.68. The Labute approximate surface area is 75.7 Å². The Balaban J connectivity index is 2.14. The lowest BCUT2D eigenvalue weighted by Crippen LogP contribution is -2.24. The Bertz CT molecular complexity index is 137. The highest BCUT2D eigenvalue weighted by atomic mass is 79.9. The summed E-state index contributed by atoms with van der Waals surface area (Å²) in [6.07, 6.45) is 6.46. The Kier molecular flexibility index (Phi) is 3.24. The summed E-state index contributed by atoms with van der Waals surface area (Å²) in [4.78, 5) is 0. The van der Waals surface area contributed by atoms with Crippen molar-refractivity contribution in [1.82, 2.24) is 0 Å². The SMILES string of the molecule is CC1(CCCCBr)OC=CO1. The number of rotatable bonds is 4. The zero-order valence-corrected chi connectivity index (χ0v) is 8.26. The molecule has 0 N–H and O–H groups in total. The van der Waals surface area contributed by atoms with Gasteiger partial charge in [-0.05, 0) is 12.8 Å². The van der Waals surface area contributed by atoms with Gasteiger partial charge in [-0.3, -0.25) is 0 Å². The quantitative estimate of drug-likeness (QED) is 0.536. The van der Waals surface area contributed by atoms with Gasteiger partial charge in [0.05, 0.1) is 0 Å². The second-order valence-electron chi connectivity index (χ2n) is 2.79. The molecule has 0 aromatic carbocycles. The second-order valence-corrected chi connectivity index (χ2v) is 3.58. The third-order valence-corrected chi connectivity index (χ3v) is 2.27. The van der Waals surface area contributed by atoms with E-state index in [0.717, 1.165) is 18.2 Å². The van der Waals surface area contributed by atoms with Crippen LogP contribution in [0.2, 0.25) is 0 Å². The first-order chi connectivity index (χ1) is 5.27. The van der Waals surface area contributed by atoms with Crippen LogP contribution in [0.25, 0.3) is 0 Å². The molecule has 0 aliphatic carbocycles. The van der Waals surface area contributed by atoms with Crippen molar-refractivity contribution < 1.29 is 9.47 Å². The molecule has 0 saturated carbocycles. The molecule has 0 aromatic heterocycles. The van der Waals surface area contributed by atoms with Crippen LogP contribution in [0.15, 0.2) is 12.5 Å². The van der Waals surface area contributed by atoms with E-state index in [0.29, 0.717) is 0 Å². The molecular weight excluding hydrogens is 208 g/mol. The highest BCUT2D eigenvalue weighted by molar-refractivity contribution is 9.09. The van der Waals surface area contributed by atoms with Crippen molar-refractivity contribution in [2.24, 2.45) is 0 Å². The van der Waals surface area contributed by atoms with Gasteiger partial charge in [0.15, 0.2) is 0 Å². The Hall–Kier alpha value is -0.180. The largest absolute Gasteiger partial charge is 0.457 e. The van der Waals surface area contributed by atoms with Crippen molar-refractivity contribution in [3.63, 3.8) is 0 Å². The fourth-order valence-electron chi connectivity index (χ4n) is 1.03. The zero-order chi connectivity index (χ0) is 8.16. The van der Waals surface area contributed by atoms with Gasteiger partial charge in [0, 0.05) is 18.7 Å². The van der Waals surface area contributed by atoms with Gasteiger partial charge in [0.25, 0.3) is 0 Å². The first-order valence-electron chi connectivity index (χ1n) is 3.83. The van der Waals surface area contributed by atoms with E-state index in [9.17, 15) is 0 Å². The molecule has 0 spiro atoms. The summed E-state index contributed by atoms with van der Waals surface area (Å²) < 4.78 is 10.5. The van der Waals surface area contributed by atoms with Crippen LogP contribution in [0, 0.1) is 0 Å². The van der Waals surface area contributed by atoms with Crippen LogP contribution in [0.1, 0.15) is 26.2 Å². The summed E-state index contributed by atoms with van der Waals surface area (Å²) in [6, 6.07) is 0. The van der Waals surface area contributed by atoms with Gasteiger partial charge >= 0.3 is 0 Å². The minimum Gasteiger partial charge on any atom is -0.457 e. The number of alkyl halides is 1. The summed E-state index contributed by atoms with van der Waals surface area (Å²) >= 11 is 3.38. The van der Waals surface area contributed by atoms with Gasteiger partial charge in [-0.25, -0.2) is 0 Å². The molecule has 3 heteroatoms. The molecule has 0 amide bonds. The molecule has 0 atom stereocenters. The molecule has 0 radical (unpaired) electrons. The number of hydrogen-bond donors (Lipinski definition) is 0. The average Bonchev–Trinajstić information content (AvgIpc) is 2.38. The maximum atomic E-state index is 5.27. The van der Waals surface area contributed by atoms with E-state index in [1.54, 1.807) is 12.5 Å². The Morgan fingerprint density at radius 1 is 1.27 bits per heavy atom. The molecule has 11 heavy (non-hydrogen) atoms. The molecule has 1 aliphatic heterocycles. The molecule has 64 valence electrons. The van der Waals surface area contributed by atoms with E-state index in [1.807, 2.05) is 6.92 Å². The predicted molar refractivity (Wildman–Crippen MR) is 47.4 cm³/mol. The van der Waals surface area contributed by atoms with Gasteiger partial charge in [0.2, 0.25) is 5.79 Å². The van der Waals surface area contributed by atoms with E-state index in [-0.39, 0.29) is 5.79 Å². The van der Waals surface area contributed by atoms with Crippen molar-refractivity contribution in [2.45, 2.75) is 32.0 Å². The monoisotopic (exact) mass is 220 g/mol. The van der Waals surface area contributed by atoms with Crippen LogP contribution in [-0.4, -0.2) is 11.1 Å². The molecule has 0 aromatic rings. The number of unbranched alkanes of at least 4 members (excludes halogenated alkanes) is 1. The van der Waals surface area contributed by atoms with Gasteiger partial charge in [-0.1, -0.05) is 15.9 Å². The standard InChI is InChI=1S/C8H13BrO2/c1-8(4-2-3-5-9)10-6-7-11-8/h6-7H,2-5H2,1H3. The van der Waals surface area contributed by atoms with E-state index in [2.05, 4.69) is 15.9 Å². The maximum absolute atomic E-state index is 5.27. The van der Waals surface area contributed by atoms with Crippen LogP contribution in [0.5, 0.6) is 0 Å². The lowest BCUT2D eigenvalue weighted by atomic mass is 10.1. The molecule has 1 aliphatic rings. The average molecular weight is 221 g/mol. The Morgan fingerprint density at radius 2 is 1.91 bits per heavy atom. The van der Waals surface area contributed by atoms with E-state index in [1.165, 1.54) is 6.42 Å². The summed E-state index contributed by atoms with van der Waals surface area (Å²) in [5.41, 5.74) is 0. The number of hydrogen-bond acceptors (Lipinski definition) is 2. The minimum absolute atomic E-state index is 0.387. The van der Waals surface area contributed by atoms with Crippen molar-refractivity contribution in [1.29, 1.82) is 0 Å². The van der Waals surface area contributed by atoms with Crippen molar-refractivity contribution in [3.8, 4) is 0 Å². The number of halogens is 1. The van der Waals surface area contributed by atoms with E-state index in [4.69, 9.17) is 9.47 Å². The fourth-order valence-corrected chi connectivity index (χ4v) is 1.43. The fraction of sp³-hybridized carbons (Fsp3) is 0.750. The van der Waals surface area contributed by atoms with Crippen molar-refractivity contribution >= 4 is 15.9 Å². The van der Waals surface area contributed by atoms with E-state index < -0.39 is 0 Å². The summed E-state index contributed by atoms with van der Waals surface area (Å²) in [7, 11) is 0. The third-order valence-electron chi connectivity index (χ3n) is 1.70. The third kappa shape index (κ3) is 2.73. The smallest absolute Gasteiger partial charge is 0.247 e. The molecule has 0 fully saturated rings. The van der Waals surface area contributed by atoms with Gasteiger partial charge in [0.1, 0.15) is 12.5 Å². The van der Waals surface area contributed by atoms with Crippen LogP contribution in [0.4, 0.5) is 0 Å². The molecule has 0 saturated heterocycles. The number of ether oxygens (including phenoxy) is 2. The normalized spacial score (nSPS) is 19.5. The molecular formula is C8H13BrO2. The highest BCUT2D eigenvalue weighted by Gasteiger charge is 2.27. The van der Waals surface area contributed by atoms with Crippen molar-refractivity contribution in [2.75, 3.05) is 5.33 Å². The van der Waals surface area contributed by atoms with Crippen LogP contribution in [-0.2, 0) is 9.47 Å². The first-order valence-corrected chi connectivity index (χ1v) is 4.96. The van der Waals surface area contributed by atoms with Crippen LogP contribution < -0.4 is 0 Å². The topological polar surface area (TPSA) is 18.5 Å². The highest BCUT2D eigenvalue weighted by Crippen LogP contribution is 2.25. The minimum atomic E-state index is -0.387.